The molecule has 0 spiro atoms. The van der Waals surface area contributed by atoms with Crippen LogP contribution in [0.3, 0.4) is 0 Å². The van der Waals surface area contributed by atoms with Crippen LogP contribution in [0.1, 0.15) is 25.3 Å². The molecule has 0 N–H and O–H groups in total. The molecule has 0 bridgehead atoms. The second-order valence-electron chi connectivity index (χ2n) is 3.68. The lowest BCUT2D eigenvalue weighted by atomic mass is 10.0. The van der Waals surface area contributed by atoms with Crippen LogP contribution >= 0.6 is 0 Å². The van der Waals surface area contributed by atoms with Crippen LogP contribution in [0.25, 0.3) is 10.9 Å². The highest BCUT2D eigenvalue weighted by atomic mass is 19.1. The molecule has 0 fully saturated rings. The van der Waals surface area contributed by atoms with E-state index in [0.717, 1.165) is 17.8 Å². The fourth-order valence-corrected chi connectivity index (χ4v) is 1.47. The van der Waals surface area contributed by atoms with Crippen LogP contribution in [-0.4, -0.2) is 4.98 Å². The summed E-state index contributed by atoms with van der Waals surface area (Å²) in [5.41, 5.74) is 0.772. The summed E-state index contributed by atoms with van der Waals surface area (Å²) in [5, 5.41) is 0.196. The molecule has 0 aliphatic carbocycles. The summed E-state index contributed by atoms with van der Waals surface area (Å²) >= 11 is 0. The zero-order valence-corrected chi connectivity index (χ0v) is 8.45. The van der Waals surface area contributed by atoms with Crippen molar-refractivity contribution >= 4 is 10.9 Å². The first-order chi connectivity index (χ1) is 7.09. The summed E-state index contributed by atoms with van der Waals surface area (Å²) in [6.45, 7) is 3.92. The SMILES string of the molecule is CC(C)c1coc(=O)c2cc(F)cnc12. The van der Waals surface area contributed by atoms with Crippen LogP contribution in [0.5, 0.6) is 0 Å². The van der Waals surface area contributed by atoms with Gasteiger partial charge in [0.2, 0.25) is 0 Å². The molecule has 2 aromatic rings. The second-order valence-corrected chi connectivity index (χ2v) is 3.68. The molecule has 0 saturated heterocycles. The minimum Gasteiger partial charge on any atom is -0.430 e. The summed E-state index contributed by atoms with van der Waals surface area (Å²) in [4.78, 5) is 15.3. The molecule has 15 heavy (non-hydrogen) atoms. The van der Waals surface area contributed by atoms with Crippen molar-refractivity contribution in [2.75, 3.05) is 0 Å². The van der Waals surface area contributed by atoms with E-state index < -0.39 is 11.4 Å². The van der Waals surface area contributed by atoms with E-state index in [2.05, 4.69) is 4.98 Å². The van der Waals surface area contributed by atoms with Gasteiger partial charge in [-0.15, -0.1) is 0 Å². The van der Waals surface area contributed by atoms with Crippen molar-refractivity contribution in [2.24, 2.45) is 0 Å². The molecule has 0 amide bonds. The van der Waals surface area contributed by atoms with Crippen LogP contribution in [0.4, 0.5) is 4.39 Å². The zero-order valence-electron chi connectivity index (χ0n) is 8.45. The lowest BCUT2D eigenvalue weighted by Crippen LogP contribution is -2.04. The smallest absolute Gasteiger partial charge is 0.345 e. The lowest BCUT2D eigenvalue weighted by molar-refractivity contribution is 0.508. The van der Waals surface area contributed by atoms with E-state index in [1.807, 2.05) is 13.8 Å². The minimum atomic E-state index is -0.554. The number of hydrogen-bond acceptors (Lipinski definition) is 3. The van der Waals surface area contributed by atoms with Crippen molar-refractivity contribution in [1.82, 2.24) is 4.98 Å². The van der Waals surface area contributed by atoms with Gasteiger partial charge in [-0.3, -0.25) is 4.98 Å². The van der Waals surface area contributed by atoms with E-state index >= 15 is 0 Å². The quantitative estimate of drug-likeness (QED) is 0.721. The monoisotopic (exact) mass is 207 g/mol. The van der Waals surface area contributed by atoms with Crippen molar-refractivity contribution < 1.29 is 8.81 Å². The van der Waals surface area contributed by atoms with Gasteiger partial charge in [-0.05, 0) is 12.0 Å². The van der Waals surface area contributed by atoms with Gasteiger partial charge < -0.3 is 4.42 Å². The number of aromatic nitrogens is 1. The van der Waals surface area contributed by atoms with Crippen molar-refractivity contribution in [1.29, 1.82) is 0 Å². The van der Waals surface area contributed by atoms with Crippen LogP contribution in [0, 0.1) is 5.82 Å². The molecule has 0 aliphatic heterocycles. The first-order valence-corrected chi connectivity index (χ1v) is 4.66. The molecular weight excluding hydrogens is 197 g/mol. The molecule has 0 atom stereocenters. The molecular formula is C11H10FNO2. The maximum absolute atomic E-state index is 12.9. The highest BCUT2D eigenvalue weighted by Crippen LogP contribution is 2.21. The van der Waals surface area contributed by atoms with Crippen LogP contribution in [0.15, 0.2) is 27.7 Å². The normalized spacial score (nSPS) is 11.2. The summed E-state index contributed by atoms with van der Waals surface area (Å²) in [5.74, 6) is -0.356. The van der Waals surface area contributed by atoms with Gasteiger partial charge in [0.15, 0.2) is 0 Å². The van der Waals surface area contributed by atoms with E-state index in [0.29, 0.717) is 5.52 Å². The average Bonchev–Trinajstić information content (AvgIpc) is 2.19. The standard InChI is InChI=1S/C11H10FNO2/c1-6(2)9-5-15-11(14)8-3-7(12)4-13-10(8)9/h3-6H,1-2H3. The predicted octanol–water partition coefficient (Wildman–Crippen LogP) is 2.45. The number of rotatable bonds is 1. The molecule has 2 aromatic heterocycles. The van der Waals surface area contributed by atoms with Gasteiger partial charge in [-0.1, -0.05) is 13.8 Å². The fraction of sp³-hybridized carbons (Fsp3) is 0.273. The number of hydrogen-bond donors (Lipinski definition) is 0. The summed E-state index contributed by atoms with van der Waals surface area (Å²) in [6, 6.07) is 1.15. The Kier molecular flexibility index (Phi) is 2.26. The first kappa shape index (κ1) is 9.83. The number of nitrogens with zero attached hydrogens (tertiary/aromatic N) is 1. The van der Waals surface area contributed by atoms with Gasteiger partial charge in [0.1, 0.15) is 12.1 Å². The molecule has 0 radical (unpaired) electrons. The van der Waals surface area contributed by atoms with Gasteiger partial charge in [0.05, 0.1) is 17.1 Å². The third-order valence-electron chi connectivity index (χ3n) is 2.26. The van der Waals surface area contributed by atoms with Crippen LogP contribution in [-0.2, 0) is 0 Å². The van der Waals surface area contributed by atoms with Crippen molar-refractivity contribution in [2.45, 2.75) is 19.8 Å². The highest BCUT2D eigenvalue weighted by molar-refractivity contribution is 5.80. The molecule has 0 aromatic carbocycles. The first-order valence-electron chi connectivity index (χ1n) is 4.66. The van der Waals surface area contributed by atoms with E-state index in [1.165, 1.54) is 6.26 Å². The van der Waals surface area contributed by atoms with Gasteiger partial charge in [0.25, 0.3) is 0 Å². The molecule has 3 nitrogen and oxygen atoms in total. The van der Waals surface area contributed by atoms with Gasteiger partial charge >= 0.3 is 5.63 Å². The van der Waals surface area contributed by atoms with Crippen LogP contribution < -0.4 is 5.63 Å². The predicted molar refractivity (Wildman–Crippen MR) is 54.3 cm³/mol. The Morgan fingerprint density at radius 2 is 2.20 bits per heavy atom. The summed E-state index contributed by atoms with van der Waals surface area (Å²) in [7, 11) is 0. The third-order valence-corrected chi connectivity index (χ3v) is 2.26. The molecule has 0 unspecified atom stereocenters. The Hall–Kier alpha value is -1.71. The summed E-state index contributed by atoms with van der Waals surface area (Å²) < 4.78 is 17.7. The summed E-state index contributed by atoms with van der Waals surface area (Å²) in [6.07, 6.45) is 2.49. The lowest BCUT2D eigenvalue weighted by Gasteiger charge is -2.06. The molecule has 2 heterocycles. The Bertz CT molecular complexity index is 560. The minimum absolute atomic E-state index is 0.176. The molecule has 4 heteroatoms. The molecule has 0 saturated carbocycles. The zero-order chi connectivity index (χ0) is 11.0. The number of fused-ring (bicyclic) bond motifs is 1. The van der Waals surface area contributed by atoms with Crippen LogP contribution in [0.2, 0.25) is 0 Å². The topological polar surface area (TPSA) is 43.1 Å². The maximum atomic E-state index is 12.9. The van der Waals surface area contributed by atoms with E-state index in [-0.39, 0.29) is 11.3 Å². The average molecular weight is 207 g/mol. The van der Waals surface area contributed by atoms with Crippen molar-refractivity contribution in [3.8, 4) is 0 Å². The fourth-order valence-electron chi connectivity index (χ4n) is 1.47. The second kappa shape index (κ2) is 3.46. The Morgan fingerprint density at radius 1 is 1.47 bits per heavy atom. The molecule has 2 rings (SSSR count). The maximum Gasteiger partial charge on any atom is 0.345 e. The van der Waals surface area contributed by atoms with Gasteiger partial charge in [-0.25, -0.2) is 9.18 Å². The van der Waals surface area contributed by atoms with Crippen molar-refractivity contribution in [3.05, 3.63) is 40.3 Å². The third kappa shape index (κ3) is 1.63. The number of halogens is 1. The van der Waals surface area contributed by atoms with E-state index in [4.69, 9.17) is 4.42 Å². The Balaban J connectivity index is 2.89. The Labute approximate surface area is 85.6 Å². The highest BCUT2D eigenvalue weighted by Gasteiger charge is 2.11. The van der Waals surface area contributed by atoms with Gasteiger partial charge in [-0.2, -0.15) is 0 Å². The van der Waals surface area contributed by atoms with E-state index in [9.17, 15) is 9.18 Å². The van der Waals surface area contributed by atoms with Crippen molar-refractivity contribution in [3.63, 3.8) is 0 Å². The molecule has 0 aliphatic rings. The van der Waals surface area contributed by atoms with E-state index in [1.54, 1.807) is 0 Å². The largest absolute Gasteiger partial charge is 0.430 e. The van der Waals surface area contributed by atoms with Gasteiger partial charge in [0, 0.05) is 5.56 Å². The molecule has 78 valence electrons. The number of pyridine rings is 1. The Morgan fingerprint density at radius 3 is 2.87 bits per heavy atom.